The standard InChI is InChI=1S/C26H22N2O2/c27-23-7-3-4-8-24(23)28-26(30)20-12-9-18(10-13-20)11-16-25(29)22-15-14-19-5-1-2-6-21(19)17-22/h1-10,12-15,17H,11,16,27H2,(H,28,30). The molecule has 0 bridgehead atoms. The number of Topliss-reactive ketones (excluding diaryl/α,β-unsaturated/α-hetero) is 1. The maximum absolute atomic E-state index is 12.6. The molecule has 0 aliphatic rings. The zero-order valence-corrected chi connectivity index (χ0v) is 16.5. The van der Waals surface area contributed by atoms with E-state index in [0.717, 1.165) is 21.9 Å². The molecule has 0 aliphatic heterocycles. The first-order valence-corrected chi connectivity index (χ1v) is 9.87. The smallest absolute Gasteiger partial charge is 0.255 e. The molecule has 0 radical (unpaired) electrons. The van der Waals surface area contributed by atoms with Gasteiger partial charge in [-0.1, -0.05) is 60.7 Å². The second-order valence-electron chi connectivity index (χ2n) is 7.22. The first-order valence-electron chi connectivity index (χ1n) is 9.87. The van der Waals surface area contributed by atoms with Crippen LogP contribution < -0.4 is 11.1 Å². The Morgan fingerprint density at radius 1 is 0.733 bits per heavy atom. The Hall–Kier alpha value is -3.92. The molecule has 0 unspecified atom stereocenters. The average molecular weight is 394 g/mol. The minimum Gasteiger partial charge on any atom is -0.397 e. The maximum atomic E-state index is 12.6. The van der Waals surface area contributed by atoms with Crippen LogP contribution in [0.4, 0.5) is 11.4 Å². The van der Waals surface area contributed by atoms with Crippen molar-refractivity contribution in [2.24, 2.45) is 0 Å². The summed E-state index contributed by atoms with van der Waals surface area (Å²) in [6, 6.07) is 28.3. The van der Waals surface area contributed by atoms with E-state index >= 15 is 0 Å². The lowest BCUT2D eigenvalue weighted by atomic mass is 9.99. The highest BCUT2D eigenvalue weighted by Gasteiger charge is 2.10. The Morgan fingerprint density at radius 2 is 1.40 bits per heavy atom. The van der Waals surface area contributed by atoms with Gasteiger partial charge in [-0.15, -0.1) is 0 Å². The van der Waals surface area contributed by atoms with Crippen molar-refractivity contribution in [1.29, 1.82) is 0 Å². The third-order valence-corrected chi connectivity index (χ3v) is 5.14. The molecule has 0 saturated carbocycles. The second-order valence-corrected chi connectivity index (χ2v) is 7.22. The third-order valence-electron chi connectivity index (χ3n) is 5.14. The van der Waals surface area contributed by atoms with Gasteiger partial charge in [0.25, 0.3) is 5.91 Å². The summed E-state index contributed by atoms with van der Waals surface area (Å²) in [6.07, 6.45) is 1.05. The first kappa shape index (κ1) is 19.4. The van der Waals surface area contributed by atoms with E-state index in [2.05, 4.69) is 5.32 Å². The molecule has 4 heteroatoms. The van der Waals surface area contributed by atoms with Gasteiger partial charge in [-0.2, -0.15) is 0 Å². The average Bonchev–Trinajstić information content (AvgIpc) is 2.79. The van der Waals surface area contributed by atoms with Gasteiger partial charge in [0, 0.05) is 17.5 Å². The number of amides is 1. The number of nitrogens with one attached hydrogen (secondary N) is 1. The number of nitrogens with two attached hydrogens (primary N) is 1. The number of hydrogen-bond donors (Lipinski definition) is 2. The number of fused-ring (bicyclic) bond motifs is 1. The summed E-state index contributed by atoms with van der Waals surface area (Å²) in [7, 11) is 0. The highest BCUT2D eigenvalue weighted by molar-refractivity contribution is 6.05. The lowest BCUT2D eigenvalue weighted by Crippen LogP contribution is -2.13. The number of carbonyl (C=O) groups is 2. The fraction of sp³-hybridized carbons (Fsp3) is 0.0769. The van der Waals surface area contributed by atoms with E-state index in [9.17, 15) is 9.59 Å². The monoisotopic (exact) mass is 394 g/mol. The lowest BCUT2D eigenvalue weighted by molar-refractivity contribution is 0.0981. The number of benzene rings is 4. The van der Waals surface area contributed by atoms with Crippen molar-refractivity contribution in [3.05, 3.63) is 108 Å². The minimum atomic E-state index is -0.216. The highest BCUT2D eigenvalue weighted by Crippen LogP contribution is 2.19. The van der Waals surface area contributed by atoms with Crippen LogP contribution in [0.2, 0.25) is 0 Å². The Labute approximate surface area is 175 Å². The molecule has 4 rings (SSSR count). The van der Waals surface area contributed by atoms with Crippen molar-refractivity contribution in [2.75, 3.05) is 11.1 Å². The van der Waals surface area contributed by atoms with Gasteiger partial charge in [0.15, 0.2) is 5.78 Å². The van der Waals surface area contributed by atoms with Gasteiger partial charge in [-0.05, 0) is 53.1 Å². The maximum Gasteiger partial charge on any atom is 0.255 e. The predicted molar refractivity (Wildman–Crippen MR) is 122 cm³/mol. The van der Waals surface area contributed by atoms with E-state index in [-0.39, 0.29) is 11.7 Å². The zero-order valence-electron chi connectivity index (χ0n) is 16.5. The fourth-order valence-electron chi connectivity index (χ4n) is 3.39. The molecule has 1 amide bonds. The fourth-order valence-corrected chi connectivity index (χ4v) is 3.39. The summed E-state index contributed by atoms with van der Waals surface area (Å²) < 4.78 is 0. The number of para-hydroxylation sites is 2. The third kappa shape index (κ3) is 4.39. The summed E-state index contributed by atoms with van der Waals surface area (Å²) in [5.74, 6) is -0.103. The van der Waals surface area contributed by atoms with Gasteiger partial charge in [-0.25, -0.2) is 0 Å². The van der Waals surface area contributed by atoms with Crippen LogP contribution in [-0.4, -0.2) is 11.7 Å². The zero-order chi connectivity index (χ0) is 20.9. The molecule has 3 N–H and O–H groups in total. The molecule has 4 nitrogen and oxygen atoms in total. The van der Waals surface area contributed by atoms with Crippen molar-refractivity contribution in [3.63, 3.8) is 0 Å². The van der Waals surface area contributed by atoms with Crippen LogP contribution in [0.3, 0.4) is 0 Å². The Bertz CT molecular complexity index is 1210. The lowest BCUT2D eigenvalue weighted by Gasteiger charge is -2.08. The van der Waals surface area contributed by atoms with Crippen LogP contribution in [0.1, 0.15) is 32.7 Å². The summed E-state index contributed by atoms with van der Waals surface area (Å²) in [5.41, 5.74) is 9.27. The predicted octanol–water partition coefficient (Wildman–Crippen LogP) is 5.49. The summed E-state index contributed by atoms with van der Waals surface area (Å²) >= 11 is 0. The molecule has 148 valence electrons. The molecule has 0 heterocycles. The van der Waals surface area contributed by atoms with Crippen LogP contribution in [0.15, 0.2) is 91.0 Å². The van der Waals surface area contributed by atoms with Gasteiger partial charge < -0.3 is 11.1 Å². The normalized spacial score (nSPS) is 10.7. The van der Waals surface area contributed by atoms with Crippen LogP contribution in [0.25, 0.3) is 10.8 Å². The molecule has 30 heavy (non-hydrogen) atoms. The largest absolute Gasteiger partial charge is 0.397 e. The van der Waals surface area contributed by atoms with Crippen molar-refractivity contribution in [1.82, 2.24) is 0 Å². The van der Waals surface area contributed by atoms with Crippen LogP contribution in [0.5, 0.6) is 0 Å². The summed E-state index contributed by atoms with van der Waals surface area (Å²) in [4.78, 5) is 25.0. The Morgan fingerprint density at radius 3 is 2.17 bits per heavy atom. The molecule has 0 saturated heterocycles. The SMILES string of the molecule is Nc1ccccc1NC(=O)c1ccc(CCC(=O)c2ccc3ccccc3c2)cc1. The van der Waals surface area contributed by atoms with Crippen LogP contribution in [-0.2, 0) is 6.42 Å². The van der Waals surface area contributed by atoms with E-state index in [1.54, 1.807) is 24.3 Å². The van der Waals surface area contributed by atoms with Crippen LogP contribution >= 0.6 is 0 Å². The van der Waals surface area contributed by atoms with Crippen molar-refractivity contribution in [2.45, 2.75) is 12.8 Å². The number of anilines is 2. The molecule has 0 aliphatic carbocycles. The van der Waals surface area contributed by atoms with Gasteiger partial charge in [0.1, 0.15) is 0 Å². The highest BCUT2D eigenvalue weighted by atomic mass is 16.1. The molecule has 0 spiro atoms. The number of carbonyl (C=O) groups excluding carboxylic acids is 2. The van der Waals surface area contributed by atoms with Gasteiger partial charge >= 0.3 is 0 Å². The topological polar surface area (TPSA) is 72.2 Å². The van der Waals surface area contributed by atoms with E-state index in [4.69, 9.17) is 5.73 Å². The number of aryl methyl sites for hydroxylation is 1. The number of hydrogen-bond acceptors (Lipinski definition) is 3. The molecule has 0 atom stereocenters. The number of nitrogen functional groups attached to an aromatic ring is 1. The second kappa shape index (κ2) is 8.62. The molecule has 0 fully saturated rings. The van der Waals surface area contributed by atoms with Gasteiger partial charge in [0.05, 0.1) is 11.4 Å². The number of rotatable bonds is 6. The van der Waals surface area contributed by atoms with Gasteiger partial charge in [-0.3, -0.25) is 9.59 Å². The minimum absolute atomic E-state index is 0.113. The van der Waals surface area contributed by atoms with E-state index in [1.807, 2.05) is 66.7 Å². The molecular weight excluding hydrogens is 372 g/mol. The van der Waals surface area contributed by atoms with Gasteiger partial charge in [0.2, 0.25) is 0 Å². The van der Waals surface area contributed by atoms with Crippen LogP contribution in [0, 0.1) is 0 Å². The van der Waals surface area contributed by atoms with Crippen molar-refractivity contribution >= 4 is 33.8 Å². The number of ketones is 1. The quantitative estimate of drug-likeness (QED) is 0.335. The molecule has 4 aromatic rings. The van der Waals surface area contributed by atoms with E-state index in [0.29, 0.717) is 29.8 Å². The summed E-state index contributed by atoms with van der Waals surface area (Å²) in [6.45, 7) is 0. The molecule has 0 aromatic heterocycles. The van der Waals surface area contributed by atoms with E-state index in [1.165, 1.54) is 0 Å². The molecular formula is C26H22N2O2. The Kier molecular flexibility index (Phi) is 5.57. The molecule has 4 aromatic carbocycles. The van der Waals surface area contributed by atoms with Crippen molar-refractivity contribution < 1.29 is 9.59 Å². The Balaban J connectivity index is 1.37. The van der Waals surface area contributed by atoms with E-state index < -0.39 is 0 Å². The summed E-state index contributed by atoms with van der Waals surface area (Å²) in [5, 5.41) is 5.01. The first-order chi connectivity index (χ1) is 14.6. The van der Waals surface area contributed by atoms with Crippen molar-refractivity contribution in [3.8, 4) is 0 Å².